The number of carbonyl (C=O) groups is 1. The first-order valence-electron chi connectivity index (χ1n) is 10.6. The number of hydrogen-bond donors (Lipinski definition) is 0. The molecule has 0 spiro atoms. The normalized spacial score (nSPS) is 19.1. The van der Waals surface area contributed by atoms with Crippen LogP contribution in [0.15, 0.2) is 34.7 Å². The maximum Gasteiger partial charge on any atom is 0.289 e. The number of methoxy groups -OCH3 is 1. The van der Waals surface area contributed by atoms with Gasteiger partial charge in [0.2, 0.25) is 5.71 Å². The first-order chi connectivity index (χ1) is 14.2. The van der Waals surface area contributed by atoms with E-state index in [0.717, 1.165) is 48.2 Å². The molecule has 1 aromatic carbocycles. The summed E-state index contributed by atoms with van der Waals surface area (Å²) >= 11 is 0. The van der Waals surface area contributed by atoms with E-state index in [-0.39, 0.29) is 5.91 Å². The summed E-state index contributed by atoms with van der Waals surface area (Å²) in [6.07, 6.45) is 6.67. The van der Waals surface area contributed by atoms with Crippen molar-refractivity contribution in [2.75, 3.05) is 33.3 Å². The molecule has 0 bridgehead atoms. The van der Waals surface area contributed by atoms with Crippen molar-refractivity contribution >= 4 is 27.9 Å². The van der Waals surface area contributed by atoms with Crippen LogP contribution in [0.3, 0.4) is 0 Å². The van der Waals surface area contributed by atoms with Gasteiger partial charge in [0.1, 0.15) is 5.75 Å². The van der Waals surface area contributed by atoms with Crippen LogP contribution in [0.5, 0.6) is 5.75 Å². The Labute approximate surface area is 170 Å². The van der Waals surface area contributed by atoms with Crippen molar-refractivity contribution in [3.8, 4) is 5.75 Å². The van der Waals surface area contributed by atoms with Crippen LogP contribution in [-0.2, 0) is 0 Å². The van der Waals surface area contributed by atoms with Crippen molar-refractivity contribution in [2.24, 2.45) is 0 Å². The van der Waals surface area contributed by atoms with Crippen LogP contribution in [0.2, 0.25) is 0 Å². The number of aromatic nitrogens is 1. The second-order valence-electron chi connectivity index (χ2n) is 8.17. The average molecular weight is 393 g/mol. The summed E-state index contributed by atoms with van der Waals surface area (Å²) in [5.74, 6) is 1.13. The van der Waals surface area contributed by atoms with E-state index < -0.39 is 0 Å². The van der Waals surface area contributed by atoms with Crippen molar-refractivity contribution in [3.05, 3.63) is 36.1 Å². The Kier molecular flexibility index (Phi) is 4.87. The van der Waals surface area contributed by atoms with Crippen LogP contribution >= 0.6 is 0 Å². The van der Waals surface area contributed by atoms with Gasteiger partial charge in [-0.25, -0.2) is 4.98 Å². The maximum absolute atomic E-state index is 13.0. The lowest BCUT2D eigenvalue weighted by Crippen LogP contribution is -2.52. The fraction of sp³-hybridized carbons (Fsp3) is 0.478. The number of amides is 1. The smallest absolute Gasteiger partial charge is 0.289 e. The van der Waals surface area contributed by atoms with E-state index in [4.69, 9.17) is 9.15 Å². The van der Waals surface area contributed by atoms with Crippen LogP contribution in [0.25, 0.3) is 22.0 Å². The van der Waals surface area contributed by atoms with Crippen LogP contribution < -0.4 is 4.74 Å². The number of ether oxygens (including phenoxy) is 1. The van der Waals surface area contributed by atoms with E-state index in [9.17, 15) is 4.79 Å². The number of hydrogen-bond acceptors (Lipinski definition) is 5. The molecule has 0 atom stereocenters. The summed E-state index contributed by atoms with van der Waals surface area (Å²) in [6, 6.07) is 10.3. The topological polar surface area (TPSA) is 58.8 Å². The van der Waals surface area contributed by atoms with Gasteiger partial charge in [0.25, 0.3) is 5.91 Å². The number of nitrogens with zero attached hydrogens (tertiary/aromatic N) is 3. The number of pyridine rings is 1. The third kappa shape index (κ3) is 3.57. The predicted octanol–water partition coefficient (Wildman–Crippen LogP) is 4.08. The lowest BCUT2D eigenvalue weighted by molar-refractivity contribution is 0.0499. The second-order valence-corrected chi connectivity index (χ2v) is 8.17. The molecule has 1 saturated carbocycles. The Hall–Kier alpha value is -2.60. The van der Waals surface area contributed by atoms with Gasteiger partial charge < -0.3 is 14.1 Å². The van der Waals surface area contributed by atoms with E-state index >= 15 is 0 Å². The Morgan fingerprint density at radius 1 is 1.03 bits per heavy atom. The SMILES string of the molecule is COc1ccc2nc3oc(C(=O)N4CCN(C5CCCCC5)CC4)cc3cc2c1. The molecule has 2 aromatic heterocycles. The molecule has 6 heteroatoms. The quantitative estimate of drug-likeness (QED) is 0.671. The van der Waals surface area contributed by atoms with Crippen molar-refractivity contribution in [2.45, 2.75) is 38.1 Å². The molecule has 2 fully saturated rings. The lowest BCUT2D eigenvalue weighted by atomic mass is 9.94. The molecule has 1 aliphatic carbocycles. The molecule has 0 N–H and O–H groups in total. The summed E-state index contributed by atoms with van der Waals surface area (Å²) in [5.41, 5.74) is 1.33. The Morgan fingerprint density at radius 2 is 1.83 bits per heavy atom. The summed E-state index contributed by atoms with van der Waals surface area (Å²) in [6.45, 7) is 3.44. The highest BCUT2D eigenvalue weighted by Crippen LogP contribution is 2.27. The van der Waals surface area contributed by atoms with E-state index in [1.165, 1.54) is 32.1 Å². The largest absolute Gasteiger partial charge is 0.497 e. The monoisotopic (exact) mass is 393 g/mol. The molecule has 1 saturated heterocycles. The molecule has 6 nitrogen and oxygen atoms in total. The van der Waals surface area contributed by atoms with Gasteiger partial charge in [0, 0.05) is 43.0 Å². The molecule has 29 heavy (non-hydrogen) atoms. The minimum Gasteiger partial charge on any atom is -0.497 e. The molecule has 152 valence electrons. The zero-order valence-electron chi connectivity index (χ0n) is 16.9. The minimum atomic E-state index is -0.0343. The fourth-order valence-corrected chi connectivity index (χ4v) is 4.74. The van der Waals surface area contributed by atoms with Gasteiger partial charge in [-0.05, 0) is 43.2 Å². The summed E-state index contributed by atoms with van der Waals surface area (Å²) in [7, 11) is 1.65. The van der Waals surface area contributed by atoms with Crippen molar-refractivity contribution in [3.63, 3.8) is 0 Å². The Morgan fingerprint density at radius 3 is 2.59 bits per heavy atom. The van der Waals surface area contributed by atoms with Crippen molar-refractivity contribution in [1.29, 1.82) is 0 Å². The maximum atomic E-state index is 13.0. The first-order valence-corrected chi connectivity index (χ1v) is 10.6. The fourth-order valence-electron chi connectivity index (χ4n) is 4.74. The molecule has 0 radical (unpaired) electrons. The predicted molar refractivity (Wildman–Crippen MR) is 112 cm³/mol. The van der Waals surface area contributed by atoms with E-state index in [1.807, 2.05) is 35.2 Å². The number of furan rings is 1. The van der Waals surface area contributed by atoms with Gasteiger partial charge in [-0.2, -0.15) is 0 Å². The summed E-state index contributed by atoms with van der Waals surface area (Å²) < 4.78 is 11.1. The molecular formula is C23H27N3O3. The standard InChI is InChI=1S/C23H27N3O3/c1-28-19-7-8-20-16(14-19)13-17-15-21(29-22(17)24-20)23(27)26-11-9-25(10-12-26)18-5-3-2-4-6-18/h7-8,13-15,18H,2-6,9-12H2,1H3. The number of piperazine rings is 1. The highest BCUT2D eigenvalue weighted by molar-refractivity contribution is 5.98. The lowest BCUT2D eigenvalue weighted by Gasteiger charge is -2.40. The Balaban J connectivity index is 1.32. The van der Waals surface area contributed by atoms with E-state index in [1.54, 1.807) is 7.11 Å². The third-order valence-electron chi connectivity index (χ3n) is 6.41. The van der Waals surface area contributed by atoms with Gasteiger partial charge in [-0.3, -0.25) is 9.69 Å². The van der Waals surface area contributed by atoms with Gasteiger partial charge in [0.15, 0.2) is 5.76 Å². The molecular weight excluding hydrogens is 366 g/mol. The first kappa shape index (κ1) is 18.4. The van der Waals surface area contributed by atoms with Crippen molar-refractivity contribution < 1.29 is 13.9 Å². The molecule has 5 rings (SSSR count). The van der Waals surface area contributed by atoms with E-state index in [0.29, 0.717) is 17.5 Å². The van der Waals surface area contributed by atoms with Crippen LogP contribution in [0, 0.1) is 0 Å². The van der Waals surface area contributed by atoms with Crippen LogP contribution in [0.4, 0.5) is 0 Å². The third-order valence-corrected chi connectivity index (χ3v) is 6.41. The number of rotatable bonds is 3. The highest BCUT2D eigenvalue weighted by atomic mass is 16.5. The average Bonchev–Trinajstić information content (AvgIpc) is 3.20. The van der Waals surface area contributed by atoms with Gasteiger partial charge in [-0.1, -0.05) is 19.3 Å². The number of fused-ring (bicyclic) bond motifs is 2. The Bertz CT molecular complexity index is 1030. The zero-order valence-corrected chi connectivity index (χ0v) is 16.9. The van der Waals surface area contributed by atoms with Gasteiger partial charge >= 0.3 is 0 Å². The molecule has 1 aliphatic heterocycles. The van der Waals surface area contributed by atoms with Gasteiger partial charge in [-0.15, -0.1) is 0 Å². The molecule has 2 aliphatic rings. The van der Waals surface area contributed by atoms with E-state index in [2.05, 4.69) is 9.88 Å². The second kappa shape index (κ2) is 7.67. The number of benzene rings is 1. The molecule has 1 amide bonds. The highest BCUT2D eigenvalue weighted by Gasteiger charge is 2.28. The molecule has 3 heterocycles. The molecule has 3 aromatic rings. The minimum absolute atomic E-state index is 0.0343. The summed E-state index contributed by atoms with van der Waals surface area (Å²) in [5, 5.41) is 1.81. The van der Waals surface area contributed by atoms with Crippen LogP contribution in [-0.4, -0.2) is 60.0 Å². The van der Waals surface area contributed by atoms with Crippen molar-refractivity contribution in [1.82, 2.24) is 14.8 Å². The van der Waals surface area contributed by atoms with Gasteiger partial charge in [0.05, 0.1) is 12.6 Å². The zero-order chi connectivity index (χ0) is 19.8. The summed E-state index contributed by atoms with van der Waals surface area (Å²) in [4.78, 5) is 22.1. The number of carbonyl (C=O) groups excluding carboxylic acids is 1. The molecule has 0 unspecified atom stereocenters. The van der Waals surface area contributed by atoms with Crippen LogP contribution in [0.1, 0.15) is 42.7 Å².